The highest BCUT2D eigenvalue weighted by Crippen LogP contribution is 2.27. The molecule has 0 radical (unpaired) electrons. The van der Waals surface area contributed by atoms with Gasteiger partial charge in [-0.3, -0.25) is 15.2 Å². The molecular weight excluding hydrogens is 220 g/mol. The summed E-state index contributed by atoms with van der Waals surface area (Å²) in [7, 11) is 0. The van der Waals surface area contributed by atoms with E-state index in [0.29, 0.717) is 12.2 Å². The first-order chi connectivity index (χ1) is 8.18. The fourth-order valence-corrected chi connectivity index (χ4v) is 1.60. The van der Waals surface area contributed by atoms with E-state index in [4.69, 9.17) is 0 Å². The number of nitro benzene ring substituents is 1. The summed E-state index contributed by atoms with van der Waals surface area (Å²) in [6.45, 7) is 2.31. The molecule has 6 nitrogen and oxygen atoms in total. The van der Waals surface area contributed by atoms with Crippen LogP contribution in [-0.2, 0) is 6.54 Å². The van der Waals surface area contributed by atoms with Crippen LogP contribution in [0.25, 0.3) is 0 Å². The second-order valence-corrected chi connectivity index (χ2v) is 3.66. The van der Waals surface area contributed by atoms with Gasteiger partial charge in [-0.1, -0.05) is 12.1 Å². The number of hydrogen-bond acceptors (Lipinski definition) is 4. The van der Waals surface area contributed by atoms with Crippen LogP contribution in [0, 0.1) is 17.0 Å². The zero-order valence-corrected chi connectivity index (χ0v) is 9.30. The van der Waals surface area contributed by atoms with Gasteiger partial charge in [-0.05, 0) is 18.6 Å². The number of rotatable bonds is 4. The van der Waals surface area contributed by atoms with Gasteiger partial charge in [-0.2, -0.15) is 5.10 Å². The average Bonchev–Trinajstić information content (AvgIpc) is 2.80. The van der Waals surface area contributed by atoms with Crippen LogP contribution in [0.15, 0.2) is 30.5 Å². The Morgan fingerprint density at radius 2 is 2.29 bits per heavy atom. The number of nitrogens with one attached hydrogen (secondary N) is 2. The molecule has 0 saturated heterocycles. The molecule has 17 heavy (non-hydrogen) atoms. The molecule has 1 aromatic heterocycles. The SMILES string of the molecule is Cc1cccc([N+](=O)[O-])c1NCc1ccn[nH]1. The summed E-state index contributed by atoms with van der Waals surface area (Å²) in [6.07, 6.45) is 1.64. The summed E-state index contributed by atoms with van der Waals surface area (Å²) >= 11 is 0. The number of aryl methyl sites for hydroxylation is 1. The predicted octanol–water partition coefficient (Wildman–Crippen LogP) is 2.24. The lowest BCUT2D eigenvalue weighted by atomic mass is 10.1. The Morgan fingerprint density at radius 3 is 2.94 bits per heavy atom. The van der Waals surface area contributed by atoms with Crippen molar-refractivity contribution in [1.82, 2.24) is 10.2 Å². The highest BCUT2D eigenvalue weighted by molar-refractivity contribution is 5.65. The first-order valence-corrected chi connectivity index (χ1v) is 5.14. The Hall–Kier alpha value is -2.37. The molecule has 0 aliphatic heterocycles. The standard InChI is InChI=1S/C11H12N4O2/c1-8-3-2-4-10(15(16)17)11(8)12-7-9-5-6-13-14-9/h2-6,12H,7H2,1H3,(H,13,14). The van der Waals surface area contributed by atoms with E-state index in [0.717, 1.165) is 11.3 Å². The van der Waals surface area contributed by atoms with E-state index in [-0.39, 0.29) is 10.6 Å². The molecular formula is C11H12N4O2. The summed E-state index contributed by atoms with van der Waals surface area (Å²) in [5.74, 6) is 0. The van der Waals surface area contributed by atoms with Crippen molar-refractivity contribution in [2.75, 3.05) is 5.32 Å². The maximum Gasteiger partial charge on any atom is 0.292 e. The normalized spacial score (nSPS) is 10.2. The van der Waals surface area contributed by atoms with Gasteiger partial charge in [-0.15, -0.1) is 0 Å². The van der Waals surface area contributed by atoms with Gasteiger partial charge in [0.1, 0.15) is 5.69 Å². The third-order valence-electron chi connectivity index (χ3n) is 2.46. The molecule has 1 heterocycles. The molecule has 6 heteroatoms. The molecule has 0 aliphatic rings. The molecule has 2 N–H and O–H groups in total. The highest BCUT2D eigenvalue weighted by Gasteiger charge is 2.14. The number of hydrogen-bond donors (Lipinski definition) is 2. The van der Waals surface area contributed by atoms with Gasteiger partial charge in [0.25, 0.3) is 5.69 Å². The molecule has 0 spiro atoms. The van der Waals surface area contributed by atoms with E-state index in [9.17, 15) is 10.1 Å². The second-order valence-electron chi connectivity index (χ2n) is 3.66. The molecule has 0 atom stereocenters. The van der Waals surface area contributed by atoms with Crippen LogP contribution in [0.1, 0.15) is 11.3 Å². The van der Waals surface area contributed by atoms with E-state index < -0.39 is 0 Å². The Morgan fingerprint density at radius 1 is 1.47 bits per heavy atom. The largest absolute Gasteiger partial charge is 0.374 e. The van der Waals surface area contributed by atoms with Gasteiger partial charge in [0.05, 0.1) is 17.2 Å². The number of aromatic nitrogens is 2. The molecule has 1 aromatic carbocycles. The van der Waals surface area contributed by atoms with Crippen molar-refractivity contribution >= 4 is 11.4 Å². The third-order valence-corrected chi connectivity index (χ3v) is 2.46. The van der Waals surface area contributed by atoms with Crippen LogP contribution in [0.2, 0.25) is 0 Å². The molecule has 0 aliphatic carbocycles. The molecule has 0 fully saturated rings. The fraction of sp³-hybridized carbons (Fsp3) is 0.182. The molecule has 0 unspecified atom stereocenters. The average molecular weight is 232 g/mol. The molecule has 88 valence electrons. The number of nitro groups is 1. The quantitative estimate of drug-likeness (QED) is 0.625. The van der Waals surface area contributed by atoms with E-state index in [1.54, 1.807) is 12.3 Å². The van der Waals surface area contributed by atoms with Gasteiger partial charge < -0.3 is 5.32 Å². The summed E-state index contributed by atoms with van der Waals surface area (Å²) in [5, 5.41) is 20.5. The predicted molar refractivity (Wildman–Crippen MR) is 63.7 cm³/mol. The van der Waals surface area contributed by atoms with Crippen molar-refractivity contribution in [2.24, 2.45) is 0 Å². The number of para-hydroxylation sites is 1. The van der Waals surface area contributed by atoms with Crippen molar-refractivity contribution in [3.05, 3.63) is 51.8 Å². The highest BCUT2D eigenvalue weighted by atomic mass is 16.6. The molecule has 2 aromatic rings. The minimum Gasteiger partial charge on any atom is -0.374 e. The van der Waals surface area contributed by atoms with Gasteiger partial charge in [0.15, 0.2) is 0 Å². The minimum absolute atomic E-state index is 0.0875. The van der Waals surface area contributed by atoms with Crippen molar-refractivity contribution in [2.45, 2.75) is 13.5 Å². The van der Waals surface area contributed by atoms with Crippen LogP contribution < -0.4 is 5.32 Å². The smallest absolute Gasteiger partial charge is 0.292 e. The van der Waals surface area contributed by atoms with Crippen molar-refractivity contribution < 1.29 is 4.92 Å². The molecule has 0 amide bonds. The lowest BCUT2D eigenvalue weighted by molar-refractivity contribution is -0.384. The van der Waals surface area contributed by atoms with Crippen LogP contribution in [0.5, 0.6) is 0 Å². The number of benzene rings is 1. The number of aromatic amines is 1. The van der Waals surface area contributed by atoms with Crippen LogP contribution >= 0.6 is 0 Å². The molecule has 0 saturated carbocycles. The molecule has 2 rings (SSSR count). The van der Waals surface area contributed by atoms with Gasteiger partial charge in [0, 0.05) is 12.3 Å². The summed E-state index contributed by atoms with van der Waals surface area (Å²) < 4.78 is 0. The number of anilines is 1. The number of H-pyrrole nitrogens is 1. The van der Waals surface area contributed by atoms with Crippen molar-refractivity contribution in [3.63, 3.8) is 0 Å². The Labute approximate surface area is 97.8 Å². The van der Waals surface area contributed by atoms with E-state index in [1.165, 1.54) is 6.07 Å². The van der Waals surface area contributed by atoms with E-state index in [2.05, 4.69) is 15.5 Å². The first kappa shape index (κ1) is 11.1. The van der Waals surface area contributed by atoms with Crippen molar-refractivity contribution in [1.29, 1.82) is 0 Å². The van der Waals surface area contributed by atoms with Crippen LogP contribution in [-0.4, -0.2) is 15.1 Å². The topological polar surface area (TPSA) is 83.8 Å². The van der Waals surface area contributed by atoms with Gasteiger partial charge in [0.2, 0.25) is 0 Å². The Bertz CT molecular complexity index is 522. The lowest BCUT2D eigenvalue weighted by Gasteiger charge is -2.08. The van der Waals surface area contributed by atoms with Crippen LogP contribution in [0.4, 0.5) is 11.4 Å². The van der Waals surface area contributed by atoms with Crippen LogP contribution in [0.3, 0.4) is 0 Å². The van der Waals surface area contributed by atoms with Crippen molar-refractivity contribution in [3.8, 4) is 0 Å². The van der Waals surface area contributed by atoms with Gasteiger partial charge >= 0.3 is 0 Å². The summed E-state index contributed by atoms with van der Waals surface area (Å²) in [5.41, 5.74) is 2.36. The summed E-state index contributed by atoms with van der Waals surface area (Å²) in [4.78, 5) is 10.5. The van der Waals surface area contributed by atoms with E-state index in [1.807, 2.05) is 19.1 Å². The zero-order valence-electron chi connectivity index (χ0n) is 9.30. The molecule has 0 bridgehead atoms. The fourth-order valence-electron chi connectivity index (χ4n) is 1.60. The second kappa shape index (κ2) is 4.65. The number of nitrogens with zero attached hydrogens (tertiary/aromatic N) is 2. The summed E-state index contributed by atoms with van der Waals surface area (Å²) in [6, 6.07) is 6.82. The Kier molecular flexibility index (Phi) is 3.04. The maximum atomic E-state index is 10.9. The lowest BCUT2D eigenvalue weighted by Crippen LogP contribution is -2.04. The third kappa shape index (κ3) is 2.41. The minimum atomic E-state index is -0.387. The monoisotopic (exact) mass is 232 g/mol. The van der Waals surface area contributed by atoms with Gasteiger partial charge in [-0.25, -0.2) is 0 Å². The first-order valence-electron chi connectivity index (χ1n) is 5.14. The van der Waals surface area contributed by atoms with E-state index >= 15 is 0 Å². The Balaban J connectivity index is 2.22. The zero-order chi connectivity index (χ0) is 12.3. The maximum absolute atomic E-state index is 10.9.